The van der Waals surface area contributed by atoms with E-state index in [4.69, 9.17) is 0 Å². The summed E-state index contributed by atoms with van der Waals surface area (Å²) in [6.07, 6.45) is 6.64. The first-order chi connectivity index (χ1) is 15.4. The molecule has 5 rings (SSSR count). The lowest BCUT2D eigenvalue weighted by Crippen LogP contribution is -2.55. The second kappa shape index (κ2) is 8.02. The normalized spacial score (nSPS) is 24.5. The van der Waals surface area contributed by atoms with Gasteiger partial charge in [-0.25, -0.2) is 9.37 Å². The summed E-state index contributed by atoms with van der Waals surface area (Å²) >= 11 is 0. The molecule has 0 radical (unpaired) electrons. The van der Waals surface area contributed by atoms with Crippen molar-refractivity contribution in [2.24, 2.45) is 7.05 Å². The molecular weight excluding hydrogens is 409 g/mol. The average molecular weight is 436 g/mol. The molecule has 2 aliphatic heterocycles. The number of aryl methyl sites for hydroxylation is 1. The van der Waals surface area contributed by atoms with Crippen LogP contribution in [-0.4, -0.2) is 51.0 Å². The molecule has 2 bridgehead atoms. The summed E-state index contributed by atoms with van der Waals surface area (Å²) in [5.74, 6) is 0.663. The summed E-state index contributed by atoms with van der Waals surface area (Å²) in [4.78, 5) is 22.8. The third-order valence-electron chi connectivity index (χ3n) is 6.76. The number of aromatic hydroxyl groups is 1. The number of fused-ring (bicyclic) bond motifs is 2. The van der Waals surface area contributed by atoms with Gasteiger partial charge in [-0.15, -0.1) is 0 Å². The second-order valence-electron chi connectivity index (χ2n) is 8.76. The molecule has 4 heterocycles. The van der Waals surface area contributed by atoms with E-state index in [1.54, 1.807) is 37.8 Å². The van der Waals surface area contributed by atoms with Crippen LogP contribution in [0.15, 0.2) is 53.7 Å². The Kier molecular flexibility index (Phi) is 5.17. The molecule has 1 aromatic carbocycles. The molecule has 0 spiro atoms. The Labute approximate surface area is 185 Å². The average Bonchev–Trinajstić information content (AvgIpc) is 3.21. The zero-order valence-corrected chi connectivity index (χ0v) is 18.1. The molecule has 2 aromatic heterocycles. The van der Waals surface area contributed by atoms with Crippen LogP contribution in [0.1, 0.15) is 19.3 Å². The quantitative estimate of drug-likeness (QED) is 0.656. The second-order valence-corrected chi connectivity index (χ2v) is 8.76. The van der Waals surface area contributed by atoms with Gasteiger partial charge >= 0.3 is 0 Å². The SMILES string of the molecule is CN(c1cnc(-c2ccc(-c3ccn(C)c(=O)c3)cc2O)cn1)[C@H]1C[C@@H]2CC[C@@H](N2)[C@H]1F. The van der Waals surface area contributed by atoms with E-state index in [0.717, 1.165) is 30.4 Å². The van der Waals surface area contributed by atoms with Gasteiger partial charge < -0.3 is 19.9 Å². The third kappa shape index (κ3) is 3.64. The largest absolute Gasteiger partial charge is 0.507 e. The summed E-state index contributed by atoms with van der Waals surface area (Å²) in [5.41, 5.74) is 2.42. The van der Waals surface area contributed by atoms with E-state index in [1.165, 1.54) is 10.6 Å². The van der Waals surface area contributed by atoms with Crippen LogP contribution in [-0.2, 0) is 7.05 Å². The summed E-state index contributed by atoms with van der Waals surface area (Å²) < 4.78 is 16.4. The number of alkyl halides is 1. The standard InChI is InChI=1S/C24H26FN5O2/c1-29-8-7-15(10-23(29)32)14-3-5-17(21(31)9-14)19-12-27-22(13-26-19)30(2)20-11-16-4-6-18(28-16)24(20)25/h3,5,7-10,12-13,16,18,20,24,28,31H,4,6,11H2,1-2H3/t16-,18+,20-,24+/m0/s1. The van der Waals surface area contributed by atoms with Crippen LogP contribution in [0.4, 0.5) is 10.2 Å². The lowest BCUT2D eigenvalue weighted by Gasteiger charge is -2.38. The first-order valence-corrected chi connectivity index (χ1v) is 10.9. The number of phenolic OH excluding ortho intramolecular Hbond substituents is 1. The van der Waals surface area contributed by atoms with E-state index in [0.29, 0.717) is 23.1 Å². The Hall–Kier alpha value is -3.26. The van der Waals surface area contributed by atoms with Crippen molar-refractivity contribution in [3.05, 3.63) is 59.3 Å². The molecule has 4 atom stereocenters. The number of benzene rings is 1. The van der Waals surface area contributed by atoms with Crippen LogP contribution < -0.4 is 15.8 Å². The van der Waals surface area contributed by atoms with E-state index < -0.39 is 6.17 Å². The highest BCUT2D eigenvalue weighted by Gasteiger charge is 2.43. The Morgan fingerprint density at radius 1 is 1.16 bits per heavy atom. The summed E-state index contributed by atoms with van der Waals surface area (Å²) in [5, 5.41) is 13.9. The van der Waals surface area contributed by atoms with Crippen LogP contribution >= 0.6 is 0 Å². The molecule has 2 aliphatic rings. The highest BCUT2D eigenvalue weighted by Crippen LogP contribution is 2.34. The van der Waals surface area contributed by atoms with Crippen LogP contribution in [0, 0.1) is 0 Å². The van der Waals surface area contributed by atoms with Crippen molar-refractivity contribution in [2.45, 2.75) is 43.6 Å². The molecule has 0 amide bonds. The molecule has 0 saturated carbocycles. The van der Waals surface area contributed by atoms with E-state index >= 15 is 0 Å². The molecule has 0 aliphatic carbocycles. The molecule has 0 unspecified atom stereocenters. The van der Waals surface area contributed by atoms with Crippen molar-refractivity contribution in [3.8, 4) is 28.1 Å². The van der Waals surface area contributed by atoms with Gasteiger partial charge in [-0.05, 0) is 48.6 Å². The van der Waals surface area contributed by atoms with Crippen LogP contribution in [0.5, 0.6) is 5.75 Å². The van der Waals surface area contributed by atoms with Crippen molar-refractivity contribution in [1.82, 2.24) is 19.9 Å². The number of aromatic nitrogens is 3. The Bertz CT molecular complexity index is 1200. The van der Waals surface area contributed by atoms with Crippen molar-refractivity contribution >= 4 is 5.82 Å². The highest BCUT2D eigenvalue weighted by atomic mass is 19.1. The molecule has 166 valence electrons. The summed E-state index contributed by atoms with van der Waals surface area (Å²) in [6.45, 7) is 0. The van der Waals surface area contributed by atoms with Gasteiger partial charge in [-0.1, -0.05) is 6.07 Å². The highest BCUT2D eigenvalue weighted by molar-refractivity contribution is 5.74. The Balaban J connectivity index is 1.37. The fourth-order valence-electron chi connectivity index (χ4n) is 4.82. The molecule has 8 heteroatoms. The minimum atomic E-state index is -0.938. The number of hydrogen-bond acceptors (Lipinski definition) is 6. The predicted octanol–water partition coefficient (Wildman–Crippen LogP) is 2.88. The number of pyridine rings is 1. The first kappa shape index (κ1) is 20.6. The van der Waals surface area contributed by atoms with E-state index in [-0.39, 0.29) is 23.4 Å². The Morgan fingerprint density at radius 3 is 2.69 bits per heavy atom. The van der Waals surface area contributed by atoms with Crippen LogP contribution in [0.2, 0.25) is 0 Å². The summed E-state index contributed by atoms with van der Waals surface area (Å²) in [6, 6.07) is 8.64. The molecule has 7 nitrogen and oxygen atoms in total. The van der Waals surface area contributed by atoms with Gasteiger partial charge in [0.05, 0.1) is 24.1 Å². The zero-order valence-electron chi connectivity index (χ0n) is 18.1. The lowest BCUT2D eigenvalue weighted by atomic mass is 9.96. The maximum Gasteiger partial charge on any atom is 0.250 e. The number of nitrogens with zero attached hydrogens (tertiary/aromatic N) is 4. The van der Waals surface area contributed by atoms with E-state index in [2.05, 4.69) is 15.3 Å². The van der Waals surface area contributed by atoms with Crippen LogP contribution in [0.25, 0.3) is 22.4 Å². The monoisotopic (exact) mass is 435 g/mol. The number of hydrogen-bond donors (Lipinski definition) is 2. The molecule has 2 saturated heterocycles. The van der Waals surface area contributed by atoms with Gasteiger partial charge in [-0.3, -0.25) is 9.78 Å². The fraction of sp³-hybridized carbons (Fsp3) is 0.375. The zero-order chi connectivity index (χ0) is 22.4. The smallest absolute Gasteiger partial charge is 0.250 e. The van der Waals surface area contributed by atoms with Gasteiger partial charge in [0.25, 0.3) is 5.56 Å². The number of nitrogens with one attached hydrogen (secondary N) is 1. The van der Waals surface area contributed by atoms with Crippen molar-refractivity contribution in [2.75, 3.05) is 11.9 Å². The van der Waals surface area contributed by atoms with Gasteiger partial charge in [0.2, 0.25) is 0 Å². The van der Waals surface area contributed by atoms with Crippen molar-refractivity contribution in [1.29, 1.82) is 0 Å². The maximum atomic E-state index is 14.9. The first-order valence-electron chi connectivity index (χ1n) is 10.9. The molecular formula is C24H26FN5O2. The number of anilines is 1. The number of halogens is 1. The van der Waals surface area contributed by atoms with E-state index in [9.17, 15) is 14.3 Å². The third-order valence-corrected chi connectivity index (χ3v) is 6.76. The molecule has 3 aromatic rings. The number of piperidine rings is 1. The Morgan fingerprint density at radius 2 is 1.97 bits per heavy atom. The van der Waals surface area contributed by atoms with Gasteiger partial charge in [-0.2, -0.15) is 0 Å². The van der Waals surface area contributed by atoms with Gasteiger partial charge in [0, 0.05) is 44.0 Å². The van der Waals surface area contributed by atoms with Crippen LogP contribution in [0.3, 0.4) is 0 Å². The van der Waals surface area contributed by atoms with E-state index in [1.807, 2.05) is 24.1 Å². The summed E-state index contributed by atoms with van der Waals surface area (Å²) in [7, 11) is 3.55. The minimum Gasteiger partial charge on any atom is -0.507 e. The maximum absolute atomic E-state index is 14.9. The van der Waals surface area contributed by atoms with Gasteiger partial charge in [0.1, 0.15) is 17.7 Å². The topological polar surface area (TPSA) is 83.3 Å². The number of rotatable bonds is 4. The van der Waals surface area contributed by atoms with Gasteiger partial charge in [0.15, 0.2) is 0 Å². The molecule has 2 N–H and O–H groups in total. The molecule has 32 heavy (non-hydrogen) atoms. The van der Waals surface area contributed by atoms with Crippen molar-refractivity contribution in [3.63, 3.8) is 0 Å². The number of phenols is 1. The lowest BCUT2D eigenvalue weighted by molar-refractivity contribution is 0.176. The predicted molar refractivity (Wildman–Crippen MR) is 121 cm³/mol. The fourth-order valence-corrected chi connectivity index (χ4v) is 4.82. The molecule has 2 fully saturated rings. The van der Waals surface area contributed by atoms with Crippen molar-refractivity contribution < 1.29 is 9.50 Å². The minimum absolute atomic E-state index is 0.0531.